The first-order valence-electron chi connectivity index (χ1n) is 5.50. The van der Waals surface area contributed by atoms with E-state index in [1.165, 1.54) is 12.8 Å². The van der Waals surface area contributed by atoms with E-state index in [4.69, 9.17) is 16.9 Å². The molecule has 1 saturated carbocycles. The highest BCUT2D eigenvalue weighted by molar-refractivity contribution is 6.17. The van der Waals surface area contributed by atoms with Crippen molar-refractivity contribution in [1.29, 1.82) is 5.26 Å². The molecule has 0 amide bonds. The summed E-state index contributed by atoms with van der Waals surface area (Å²) < 4.78 is 0. The Balaban J connectivity index is 2.20. The number of rotatable bonds is 5. The molecule has 3 nitrogen and oxygen atoms in total. The smallest absolute Gasteiger partial charge is 0.133 e. The molecule has 4 heteroatoms. The molecule has 84 valence electrons. The fourth-order valence-electron chi connectivity index (χ4n) is 1.81. The summed E-state index contributed by atoms with van der Waals surface area (Å²) >= 11 is 5.90. The second-order valence-electron chi connectivity index (χ2n) is 3.95. The molecule has 1 aromatic heterocycles. The Morgan fingerprint density at radius 2 is 2.38 bits per heavy atom. The van der Waals surface area contributed by atoms with E-state index in [1.54, 1.807) is 6.20 Å². The van der Waals surface area contributed by atoms with Crippen LogP contribution in [0.1, 0.15) is 24.8 Å². The van der Waals surface area contributed by atoms with E-state index in [0.717, 1.165) is 17.9 Å². The molecule has 16 heavy (non-hydrogen) atoms. The minimum atomic E-state index is 0.471. The molecule has 0 saturated heterocycles. The maximum atomic E-state index is 8.67. The number of hydrogen-bond donors (Lipinski definition) is 0. The van der Waals surface area contributed by atoms with Gasteiger partial charge in [-0.25, -0.2) is 4.98 Å². The monoisotopic (exact) mass is 235 g/mol. The van der Waals surface area contributed by atoms with Crippen molar-refractivity contribution >= 4 is 17.4 Å². The molecule has 2 rings (SSSR count). The van der Waals surface area contributed by atoms with Gasteiger partial charge in [0.1, 0.15) is 5.82 Å². The number of hydrogen-bond acceptors (Lipinski definition) is 3. The Kier molecular flexibility index (Phi) is 3.63. The molecule has 1 aliphatic rings. The standard InChI is InChI=1S/C12H14ClN3/c13-9-10-3-1-7-15-12(10)16(8-2-6-14)11-4-5-11/h1,3,7,11H,2,4-5,8-9H2. The average Bonchev–Trinajstić information content (AvgIpc) is 3.14. The van der Waals surface area contributed by atoms with E-state index in [1.807, 2.05) is 12.1 Å². The van der Waals surface area contributed by atoms with Gasteiger partial charge < -0.3 is 4.90 Å². The molecular weight excluding hydrogens is 222 g/mol. The minimum absolute atomic E-state index is 0.471. The third kappa shape index (κ3) is 2.45. The zero-order valence-corrected chi connectivity index (χ0v) is 9.82. The lowest BCUT2D eigenvalue weighted by Gasteiger charge is -2.24. The second kappa shape index (κ2) is 5.18. The summed E-state index contributed by atoms with van der Waals surface area (Å²) in [5.74, 6) is 1.43. The summed E-state index contributed by atoms with van der Waals surface area (Å²) in [6, 6.07) is 6.64. The number of halogens is 1. The molecule has 0 N–H and O–H groups in total. The van der Waals surface area contributed by atoms with Gasteiger partial charge in [0.15, 0.2) is 0 Å². The van der Waals surface area contributed by atoms with Crippen LogP contribution in [-0.2, 0) is 5.88 Å². The number of pyridine rings is 1. The molecule has 0 aliphatic heterocycles. The van der Waals surface area contributed by atoms with E-state index in [0.29, 0.717) is 18.3 Å². The maximum Gasteiger partial charge on any atom is 0.133 e. The van der Waals surface area contributed by atoms with E-state index in [-0.39, 0.29) is 0 Å². The van der Waals surface area contributed by atoms with Crippen molar-refractivity contribution in [2.75, 3.05) is 11.4 Å². The van der Waals surface area contributed by atoms with Gasteiger partial charge in [0, 0.05) is 24.3 Å². The van der Waals surface area contributed by atoms with Gasteiger partial charge in [-0.15, -0.1) is 11.6 Å². The van der Waals surface area contributed by atoms with Gasteiger partial charge in [0.25, 0.3) is 0 Å². The number of alkyl halides is 1. The number of aromatic nitrogens is 1. The second-order valence-corrected chi connectivity index (χ2v) is 4.22. The molecule has 1 aliphatic carbocycles. The molecule has 0 bridgehead atoms. The number of nitrogens with zero attached hydrogens (tertiary/aromatic N) is 3. The van der Waals surface area contributed by atoms with Gasteiger partial charge in [-0.05, 0) is 18.9 Å². The van der Waals surface area contributed by atoms with Crippen molar-refractivity contribution in [2.45, 2.75) is 31.2 Å². The van der Waals surface area contributed by atoms with Crippen LogP contribution < -0.4 is 4.90 Å². The summed E-state index contributed by atoms with van der Waals surface area (Å²) in [6.07, 6.45) is 4.72. The Labute approximate surface area is 101 Å². The Bertz CT molecular complexity index is 395. The summed E-state index contributed by atoms with van der Waals surface area (Å²) in [7, 11) is 0. The minimum Gasteiger partial charge on any atom is -0.352 e. The van der Waals surface area contributed by atoms with Crippen molar-refractivity contribution in [2.24, 2.45) is 0 Å². The number of nitriles is 1. The molecule has 1 fully saturated rings. The van der Waals surface area contributed by atoms with Gasteiger partial charge in [-0.2, -0.15) is 5.26 Å². The van der Waals surface area contributed by atoms with Gasteiger partial charge in [-0.3, -0.25) is 0 Å². The SMILES string of the molecule is N#CCCN(c1ncccc1CCl)C1CC1. The zero-order chi connectivity index (χ0) is 11.4. The first-order chi connectivity index (χ1) is 7.86. The molecule has 0 atom stereocenters. The predicted octanol–water partition coefficient (Wildman–Crippen LogP) is 2.70. The van der Waals surface area contributed by atoms with Crippen molar-refractivity contribution in [3.8, 4) is 6.07 Å². The van der Waals surface area contributed by atoms with E-state index < -0.39 is 0 Å². The van der Waals surface area contributed by atoms with Crippen LogP contribution in [0.25, 0.3) is 0 Å². The Morgan fingerprint density at radius 3 is 3.00 bits per heavy atom. The molecule has 0 aromatic carbocycles. The fraction of sp³-hybridized carbons (Fsp3) is 0.500. The summed E-state index contributed by atoms with van der Waals surface area (Å²) in [5, 5.41) is 8.67. The highest BCUT2D eigenvalue weighted by Crippen LogP contribution is 2.32. The lowest BCUT2D eigenvalue weighted by Crippen LogP contribution is -2.28. The lowest BCUT2D eigenvalue weighted by atomic mass is 10.2. The van der Waals surface area contributed by atoms with Crippen molar-refractivity contribution in [3.63, 3.8) is 0 Å². The topological polar surface area (TPSA) is 39.9 Å². The van der Waals surface area contributed by atoms with E-state index >= 15 is 0 Å². The van der Waals surface area contributed by atoms with Gasteiger partial charge in [0.2, 0.25) is 0 Å². The highest BCUT2D eigenvalue weighted by atomic mass is 35.5. The Hall–Kier alpha value is -1.27. The molecule has 0 radical (unpaired) electrons. The quantitative estimate of drug-likeness (QED) is 0.737. The average molecular weight is 236 g/mol. The van der Waals surface area contributed by atoms with Crippen LogP contribution in [0.5, 0.6) is 0 Å². The van der Waals surface area contributed by atoms with E-state index in [2.05, 4.69) is 16.0 Å². The van der Waals surface area contributed by atoms with Crippen LogP contribution in [0.4, 0.5) is 5.82 Å². The van der Waals surface area contributed by atoms with Crippen molar-refractivity contribution in [1.82, 2.24) is 4.98 Å². The Morgan fingerprint density at radius 1 is 1.56 bits per heavy atom. The molecule has 0 unspecified atom stereocenters. The van der Waals surface area contributed by atoms with Crippen LogP contribution in [0.3, 0.4) is 0 Å². The van der Waals surface area contributed by atoms with Crippen LogP contribution >= 0.6 is 11.6 Å². The normalized spacial score (nSPS) is 14.5. The maximum absolute atomic E-state index is 8.67. The lowest BCUT2D eigenvalue weighted by molar-refractivity contribution is 0.773. The van der Waals surface area contributed by atoms with Crippen LogP contribution in [0, 0.1) is 11.3 Å². The fourth-order valence-corrected chi connectivity index (χ4v) is 2.02. The largest absolute Gasteiger partial charge is 0.352 e. The van der Waals surface area contributed by atoms with Gasteiger partial charge in [0.05, 0.1) is 18.4 Å². The van der Waals surface area contributed by atoms with Crippen LogP contribution in [0.15, 0.2) is 18.3 Å². The van der Waals surface area contributed by atoms with Crippen molar-refractivity contribution < 1.29 is 0 Å². The third-order valence-electron chi connectivity index (χ3n) is 2.74. The van der Waals surface area contributed by atoms with E-state index in [9.17, 15) is 0 Å². The van der Waals surface area contributed by atoms with Crippen LogP contribution in [0.2, 0.25) is 0 Å². The predicted molar refractivity (Wildman–Crippen MR) is 64.4 cm³/mol. The zero-order valence-electron chi connectivity index (χ0n) is 9.06. The molecule has 1 heterocycles. The molecule has 1 aromatic rings. The van der Waals surface area contributed by atoms with Crippen molar-refractivity contribution in [3.05, 3.63) is 23.9 Å². The molecule has 0 spiro atoms. The summed E-state index contributed by atoms with van der Waals surface area (Å²) in [6.45, 7) is 0.752. The van der Waals surface area contributed by atoms with Crippen LogP contribution in [-0.4, -0.2) is 17.6 Å². The molecular formula is C12H14ClN3. The first kappa shape index (κ1) is 11.2. The number of anilines is 1. The highest BCUT2D eigenvalue weighted by Gasteiger charge is 2.30. The third-order valence-corrected chi connectivity index (χ3v) is 3.02. The first-order valence-corrected chi connectivity index (χ1v) is 6.03. The van der Waals surface area contributed by atoms with Gasteiger partial charge >= 0.3 is 0 Å². The summed E-state index contributed by atoms with van der Waals surface area (Å²) in [4.78, 5) is 6.62. The van der Waals surface area contributed by atoms with Gasteiger partial charge in [-0.1, -0.05) is 6.07 Å². The summed E-state index contributed by atoms with van der Waals surface area (Å²) in [5.41, 5.74) is 1.05.